The molecule has 4 aliphatic carbocycles. The summed E-state index contributed by atoms with van der Waals surface area (Å²) in [6.45, 7) is 7.02. The van der Waals surface area contributed by atoms with Gasteiger partial charge in [0.05, 0.1) is 6.10 Å². The number of hydrogen-bond acceptors (Lipinski definition) is 2. The van der Waals surface area contributed by atoms with Crippen molar-refractivity contribution >= 4 is 5.97 Å². The molecule has 4 aliphatic rings. The standard InChI is InChI=1S/C24H39FO3/c1-14(4-7-21(27)28)17-5-6-18-22-19(9-11-24(17,18)3)23(2)10-8-16(26)12-15(23)13-20(22)25/h14-20,22,26H,4-13H2,1-3H3,(H,27,28). The molecular formula is C24H39FO3. The third-order valence-electron chi connectivity index (χ3n) is 10.2. The van der Waals surface area contributed by atoms with E-state index in [0.717, 1.165) is 44.9 Å². The monoisotopic (exact) mass is 394 g/mol. The van der Waals surface area contributed by atoms with E-state index in [2.05, 4.69) is 20.8 Å². The fourth-order valence-electron chi connectivity index (χ4n) is 8.68. The molecule has 10 atom stereocenters. The second kappa shape index (κ2) is 7.25. The summed E-state index contributed by atoms with van der Waals surface area (Å²) in [4.78, 5) is 11.0. The molecule has 0 heterocycles. The molecule has 0 aromatic heterocycles. The van der Waals surface area contributed by atoms with Gasteiger partial charge >= 0.3 is 5.97 Å². The fourth-order valence-corrected chi connectivity index (χ4v) is 8.68. The number of rotatable bonds is 4. The first-order chi connectivity index (χ1) is 13.2. The third kappa shape index (κ3) is 3.13. The smallest absolute Gasteiger partial charge is 0.303 e. The number of carboxylic acids is 1. The van der Waals surface area contributed by atoms with Crippen LogP contribution < -0.4 is 0 Å². The summed E-state index contributed by atoms with van der Waals surface area (Å²) in [6, 6.07) is 0. The molecule has 4 saturated carbocycles. The van der Waals surface area contributed by atoms with Crippen molar-refractivity contribution in [2.24, 2.45) is 46.3 Å². The minimum absolute atomic E-state index is 0.167. The third-order valence-corrected chi connectivity index (χ3v) is 10.2. The predicted octanol–water partition coefficient (Wildman–Crippen LogP) is 5.46. The summed E-state index contributed by atoms with van der Waals surface area (Å²) in [5, 5.41) is 19.2. The average molecular weight is 395 g/mol. The van der Waals surface area contributed by atoms with Gasteiger partial charge in [-0.15, -0.1) is 0 Å². The molecule has 3 nitrogen and oxygen atoms in total. The number of aliphatic hydroxyl groups excluding tert-OH is 1. The highest BCUT2D eigenvalue weighted by atomic mass is 19.1. The number of aliphatic carboxylic acids is 1. The minimum atomic E-state index is -0.730. The van der Waals surface area contributed by atoms with Gasteiger partial charge in [-0.2, -0.15) is 0 Å². The second-order valence-corrected chi connectivity index (χ2v) is 11.3. The van der Waals surface area contributed by atoms with Crippen LogP contribution in [-0.4, -0.2) is 28.5 Å². The van der Waals surface area contributed by atoms with E-state index < -0.39 is 12.1 Å². The number of fused-ring (bicyclic) bond motifs is 5. The van der Waals surface area contributed by atoms with E-state index >= 15 is 4.39 Å². The Morgan fingerprint density at radius 3 is 2.46 bits per heavy atom. The lowest BCUT2D eigenvalue weighted by atomic mass is 9.44. The van der Waals surface area contributed by atoms with Crippen molar-refractivity contribution in [1.29, 1.82) is 0 Å². The summed E-state index contributed by atoms with van der Waals surface area (Å²) >= 11 is 0. The van der Waals surface area contributed by atoms with Gasteiger partial charge in [0.1, 0.15) is 6.17 Å². The Bertz CT molecular complexity index is 609. The Kier molecular flexibility index (Phi) is 5.34. The maximum absolute atomic E-state index is 15.6. The van der Waals surface area contributed by atoms with Gasteiger partial charge < -0.3 is 10.2 Å². The molecule has 4 rings (SSSR count). The molecule has 0 amide bonds. The molecule has 0 bridgehead atoms. The van der Waals surface area contributed by atoms with E-state index in [4.69, 9.17) is 5.11 Å². The van der Waals surface area contributed by atoms with Crippen LogP contribution in [0.3, 0.4) is 0 Å². The van der Waals surface area contributed by atoms with E-state index in [0.29, 0.717) is 36.0 Å². The van der Waals surface area contributed by atoms with Crippen LogP contribution in [0.25, 0.3) is 0 Å². The first-order valence-corrected chi connectivity index (χ1v) is 11.7. The van der Waals surface area contributed by atoms with Crippen LogP contribution in [0.15, 0.2) is 0 Å². The van der Waals surface area contributed by atoms with Gasteiger partial charge in [0.15, 0.2) is 0 Å². The highest BCUT2D eigenvalue weighted by Crippen LogP contribution is 2.68. The SMILES string of the molecule is CC(CCC(=O)O)C1CCC2C3C(F)CC4CC(O)CCC4(C)C3CCC12C. The molecule has 0 aromatic rings. The van der Waals surface area contributed by atoms with E-state index in [1.807, 2.05) is 0 Å². The van der Waals surface area contributed by atoms with Crippen molar-refractivity contribution in [3.63, 3.8) is 0 Å². The van der Waals surface area contributed by atoms with Crippen molar-refractivity contribution in [2.75, 3.05) is 0 Å². The van der Waals surface area contributed by atoms with Gasteiger partial charge in [0, 0.05) is 6.42 Å². The predicted molar refractivity (Wildman–Crippen MR) is 108 cm³/mol. The van der Waals surface area contributed by atoms with Gasteiger partial charge in [-0.3, -0.25) is 4.79 Å². The maximum Gasteiger partial charge on any atom is 0.303 e. The zero-order chi connectivity index (χ0) is 20.3. The highest BCUT2D eigenvalue weighted by Gasteiger charge is 2.63. The summed E-state index contributed by atoms with van der Waals surface area (Å²) in [5.41, 5.74) is 0.363. The lowest BCUT2D eigenvalue weighted by Crippen LogP contribution is -2.57. The fraction of sp³-hybridized carbons (Fsp3) is 0.958. The number of aliphatic hydroxyl groups is 1. The zero-order valence-corrected chi connectivity index (χ0v) is 17.9. The number of alkyl halides is 1. The molecule has 28 heavy (non-hydrogen) atoms. The normalized spacial score (nSPS) is 51.7. The Labute approximate surface area is 169 Å². The molecular weight excluding hydrogens is 355 g/mol. The van der Waals surface area contributed by atoms with Crippen molar-refractivity contribution in [2.45, 2.75) is 97.3 Å². The summed E-state index contributed by atoms with van der Waals surface area (Å²) in [5.74, 6) is 1.64. The summed E-state index contributed by atoms with van der Waals surface area (Å²) < 4.78 is 15.6. The van der Waals surface area contributed by atoms with Gasteiger partial charge in [-0.1, -0.05) is 20.8 Å². The van der Waals surface area contributed by atoms with Gasteiger partial charge in [-0.05, 0) is 104 Å². The second-order valence-electron chi connectivity index (χ2n) is 11.3. The van der Waals surface area contributed by atoms with Crippen molar-refractivity contribution in [3.05, 3.63) is 0 Å². The first kappa shape index (κ1) is 20.6. The minimum Gasteiger partial charge on any atom is -0.481 e. The van der Waals surface area contributed by atoms with Crippen molar-refractivity contribution in [1.82, 2.24) is 0 Å². The quantitative estimate of drug-likeness (QED) is 0.666. The van der Waals surface area contributed by atoms with Gasteiger partial charge in [0.2, 0.25) is 0 Å². The number of carbonyl (C=O) groups is 1. The molecule has 4 fully saturated rings. The lowest BCUT2D eigenvalue weighted by Gasteiger charge is -2.62. The molecule has 0 radical (unpaired) electrons. The summed E-state index contributed by atoms with van der Waals surface area (Å²) in [6.07, 6.45) is 7.91. The molecule has 0 aromatic carbocycles. The molecule has 0 spiro atoms. The molecule has 2 N–H and O–H groups in total. The van der Waals surface area contributed by atoms with Gasteiger partial charge in [-0.25, -0.2) is 4.39 Å². The maximum atomic E-state index is 15.6. The van der Waals surface area contributed by atoms with Crippen LogP contribution in [0, 0.1) is 46.3 Å². The lowest BCUT2D eigenvalue weighted by molar-refractivity contribution is -0.157. The topological polar surface area (TPSA) is 57.5 Å². The number of hydrogen-bond donors (Lipinski definition) is 2. The van der Waals surface area contributed by atoms with Gasteiger partial charge in [0.25, 0.3) is 0 Å². The first-order valence-electron chi connectivity index (χ1n) is 11.7. The van der Waals surface area contributed by atoms with Crippen LogP contribution in [0.1, 0.15) is 85.0 Å². The Morgan fingerprint density at radius 1 is 1.07 bits per heavy atom. The average Bonchev–Trinajstić information content (AvgIpc) is 2.98. The van der Waals surface area contributed by atoms with Crippen LogP contribution >= 0.6 is 0 Å². The number of halogens is 1. The molecule has 0 saturated heterocycles. The molecule has 10 unspecified atom stereocenters. The largest absolute Gasteiger partial charge is 0.481 e. The van der Waals surface area contributed by atoms with Crippen LogP contribution in [0.4, 0.5) is 4.39 Å². The molecule has 160 valence electrons. The van der Waals surface area contributed by atoms with E-state index in [-0.39, 0.29) is 29.3 Å². The Morgan fingerprint density at radius 2 is 1.75 bits per heavy atom. The van der Waals surface area contributed by atoms with Crippen molar-refractivity contribution < 1.29 is 19.4 Å². The Balaban J connectivity index is 1.55. The Hall–Kier alpha value is -0.640. The van der Waals surface area contributed by atoms with Crippen LogP contribution in [0.2, 0.25) is 0 Å². The molecule has 4 heteroatoms. The number of carboxylic acid groups (broad SMARTS) is 1. The van der Waals surface area contributed by atoms with Crippen molar-refractivity contribution in [3.8, 4) is 0 Å². The van der Waals surface area contributed by atoms with Crippen LogP contribution in [-0.2, 0) is 4.79 Å². The van der Waals surface area contributed by atoms with E-state index in [9.17, 15) is 9.90 Å². The van der Waals surface area contributed by atoms with Crippen LogP contribution in [0.5, 0.6) is 0 Å². The highest BCUT2D eigenvalue weighted by molar-refractivity contribution is 5.66. The zero-order valence-electron chi connectivity index (χ0n) is 17.9. The van der Waals surface area contributed by atoms with E-state index in [1.54, 1.807) is 0 Å². The summed E-state index contributed by atoms with van der Waals surface area (Å²) in [7, 11) is 0. The van der Waals surface area contributed by atoms with E-state index in [1.165, 1.54) is 6.42 Å². The molecule has 0 aliphatic heterocycles.